The highest BCUT2D eigenvalue weighted by Gasteiger charge is 2.30. The molecule has 76 valence electrons. The normalized spacial score (nSPS) is 17.9. The summed E-state index contributed by atoms with van der Waals surface area (Å²) in [6.45, 7) is 0.122. The molecule has 1 aromatic heterocycles. The zero-order chi connectivity index (χ0) is 9.97. The predicted molar refractivity (Wildman–Crippen MR) is 54.3 cm³/mol. The maximum Gasteiger partial charge on any atom is 0.222 e. The summed E-state index contributed by atoms with van der Waals surface area (Å²) in [7, 11) is 0. The van der Waals surface area contributed by atoms with Gasteiger partial charge < -0.3 is 10.4 Å². The van der Waals surface area contributed by atoms with Gasteiger partial charge in [-0.3, -0.25) is 0 Å². The van der Waals surface area contributed by atoms with Crippen molar-refractivity contribution < 1.29 is 5.11 Å². The number of rotatable bonds is 4. The Hall–Kier alpha value is -0.870. The fourth-order valence-corrected chi connectivity index (χ4v) is 1.46. The molecule has 1 fully saturated rings. The van der Waals surface area contributed by atoms with Crippen LogP contribution in [-0.4, -0.2) is 27.7 Å². The Kier molecular flexibility index (Phi) is 2.84. The third kappa shape index (κ3) is 2.33. The van der Waals surface area contributed by atoms with Crippen LogP contribution < -0.4 is 5.32 Å². The van der Waals surface area contributed by atoms with Crippen LogP contribution in [0.3, 0.4) is 0 Å². The zero-order valence-corrected chi connectivity index (χ0v) is 8.41. The van der Waals surface area contributed by atoms with Crippen molar-refractivity contribution in [1.29, 1.82) is 0 Å². The predicted octanol–water partition coefficient (Wildman–Crippen LogP) is 1.31. The molecule has 0 saturated heterocycles. The molecule has 4 nitrogen and oxygen atoms in total. The largest absolute Gasteiger partial charge is 0.394 e. The number of anilines is 1. The lowest BCUT2D eigenvalue weighted by atomic mass is 10.2. The van der Waals surface area contributed by atoms with Gasteiger partial charge in [0.1, 0.15) is 0 Å². The van der Waals surface area contributed by atoms with Crippen molar-refractivity contribution in [2.24, 2.45) is 5.92 Å². The van der Waals surface area contributed by atoms with Crippen molar-refractivity contribution in [3.05, 3.63) is 17.4 Å². The number of nitrogens with one attached hydrogen (secondary N) is 1. The molecule has 1 unspecified atom stereocenters. The summed E-state index contributed by atoms with van der Waals surface area (Å²) in [5, 5.41) is 12.7. The summed E-state index contributed by atoms with van der Waals surface area (Å²) in [5.74, 6) is 1.10. The molecule has 1 heterocycles. The van der Waals surface area contributed by atoms with Crippen LogP contribution in [-0.2, 0) is 0 Å². The van der Waals surface area contributed by atoms with Crippen LogP contribution >= 0.6 is 11.6 Å². The molecule has 1 atom stereocenters. The Morgan fingerprint density at radius 3 is 2.64 bits per heavy atom. The Morgan fingerprint density at radius 1 is 1.50 bits per heavy atom. The summed E-state index contributed by atoms with van der Waals surface area (Å²) in [6.07, 6.45) is 5.42. The van der Waals surface area contributed by atoms with Crippen LogP contribution in [0.1, 0.15) is 12.8 Å². The van der Waals surface area contributed by atoms with E-state index in [4.69, 9.17) is 16.7 Å². The van der Waals surface area contributed by atoms with Gasteiger partial charge in [0.15, 0.2) is 0 Å². The number of aliphatic hydroxyl groups is 1. The van der Waals surface area contributed by atoms with E-state index in [1.54, 1.807) is 0 Å². The second kappa shape index (κ2) is 4.11. The summed E-state index contributed by atoms with van der Waals surface area (Å²) in [5.41, 5.74) is 0. The topological polar surface area (TPSA) is 58.0 Å². The molecule has 2 N–H and O–H groups in total. The van der Waals surface area contributed by atoms with E-state index in [1.807, 2.05) is 0 Å². The van der Waals surface area contributed by atoms with Crippen molar-refractivity contribution >= 4 is 17.5 Å². The van der Waals surface area contributed by atoms with Crippen LogP contribution in [0.15, 0.2) is 12.4 Å². The van der Waals surface area contributed by atoms with Gasteiger partial charge in [-0.1, -0.05) is 11.6 Å². The maximum atomic E-state index is 9.11. The van der Waals surface area contributed by atoms with E-state index in [0.717, 1.165) is 0 Å². The second-order valence-electron chi connectivity index (χ2n) is 3.50. The van der Waals surface area contributed by atoms with Gasteiger partial charge in [0.05, 0.1) is 30.1 Å². The fourth-order valence-electron chi connectivity index (χ4n) is 1.36. The molecule has 1 saturated carbocycles. The summed E-state index contributed by atoms with van der Waals surface area (Å²) in [6, 6.07) is 0.0798. The average molecular weight is 214 g/mol. The maximum absolute atomic E-state index is 9.11. The average Bonchev–Trinajstić information content (AvgIpc) is 3.01. The molecular formula is C9H12ClN3O. The molecule has 14 heavy (non-hydrogen) atoms. The molecule has 1 aliphatic carbocycles. The van der Waals surface area contributed by atoms with Crippen molar-refractivity contribution in [3.63, 3.8) is 0 Å². The Balaban J connectivity index is 1.98. The molecular weight excluding hydrogens is 202 g/mol. The van der Waals surface area contributed by atoms with Gasteiger partial charge in [0, 0.05) is 0 Å². The van der Waals surface area contributed by atoms with Crippen molar-refractivity contribution in [3.8, 4) is 0 Å². The first-order valence-electron chi connectivity index (χ1n) is 4.64. The standard InChI is InChI=1S/C9H12ClN3O/c10-7-3-11-9(12-4-7)13-8(5-14)6-1-2-6/h3-4,6,8,14H,1-2,5H2,(H,11,12,13). The Bertz CT molecular complexity index is 299. The van der Waals surface area contributed by atoms with Gasteiger partial charge >= 0.3 is 0 Å². The highest BCUT2D eigenvalue weighted by molar-refractivity contribution is 6.30. The number of hydrogen-bond acceptors (Lipinski definition) is 4. The first-order valence-corrected chi connectivity index (χ1v) is 5.02. The third-order valence-corrected chi connectivity index (χ3v) is 2.52. The molecule has 1 aromatic rings. The smallest absolute Gasteiger partial charge is 0.222 e. The van der Waals surface area contributed by atoms with Gasteiger partial charge in [-0.15, -0.1) is 0 Å². The zero-order valence-electron chi connectivity index (χ0n) is 7.65. The molecule has 0 bridgehead atoms. The summed E-state index contributed by atoms with van der Waals surface area (Å²) in [4.78, 5) is 8.02. The fraction of sp³-hybridized carbons (Fsp3) is 0.556. The minimum atomic E-state index is 0.0798. The first-order chi connectivity index (χ1) is 6.79. The van der Waals surface area contributed by atoms with E-state index in [-0.39, 0.29) is 12.6 Å². The van der Waals surface area contributed by atoms with Crippen molar-refractivity contribution in [2.75, 3.05) is 11.9 Å². The van der Waals surface area contributed by atoms with Crippen LogP contribution in [0, 0.1) is 5.92 Å². The molecule has 1 aliphatic rings. The number of aromatic nitrogens is 2. The van der Waals surface area contributed by atoms with E-state index in [2.05, 4.69) is 15.3 Å². The Morgan fingerprint density at radius 2 is 2.14 bits per heavy atom. The second-order valence-corrected chi connectivity index (χ2v) is 3.93. The first kappa shape index (κ1) is 9.68. The SMILES string of the molecule is OCC(Nc1ncc(Cl)cn1)C1CC1. The van der Waals surface area contributed by atoms with E-state index in [1.165, 1.54) is 25.2 Å². The Labute approximate surface area is 87.3 Å². The lowest BCUT2D eigenvalue weighted by molar-refractivity contribution is 0.263. The number of aliphatic hydroxyl groups excluding tert-OH is 1. The quantitative estimate of drug-likeness (QED) is 0.792. The van der Waals surface area contributed by atoms with E-state index >= 15 is 0 Å². The lowest BCUT2D eigenvalue weighted by Gasteiger charge is -2.14. The third-order valence-electron chi connectivity index (χ3n) is 2.32. The highest BCUT2D eigenvalue weighted by atomic mass is 35.5. The highest BCUT2D eigenvalue weighted by Crippen LogP contribution is 2.33. The number of hydrogen-bond donors (Lipinski definition) is 2. The summed E-state index contributed by atoms with van der Waals surface area (Å²) >= 11 is 5.65. The van der Waals surface area contributed by atoms with Crippen LogP contribution in [0.2, 0.25) is 5.02 Å². The summed E-state index contributed by atoms with van der Waals surface area (Å²) < 4.78 is 0. The molecule has 0 aliphatic heterocycles. The van der Waals surface area contributed by atoms with Gasteiger partial charge in [-0.25, -0.2) is 9.97 Å². The van der Waals surface area contributed by atoms with Gasteiger partial charge in [0.2, 0.25) is 5.95 Å². The molecule has 2 rings (SSSR count). The van der Waals surface area contributed by atoms with E-state index < -0.39 is 0 Å². The van der Waals surface area contributed by atoms with E-state index in [0.29, 0.717) is 16.9 Å². The number of halogens is 1. The molecule has 0 aromatic carbocycles. The van der Waals surface area contributed by atoms with Crippen LogP contribution in [0.5, 0.6) is 0 Å². The van der Waals surface area contributed by atoms with E-state index in [9.17, 15) is 0 Å². The minimum Gasteiger partial charge on any atom is -0.394 e. The minimum absolute atomic E-state index is 0.0798. The van der Waals surface area contributed by atoms with Gasteiger partial charge in [-0.05, 0) is 18.8 Å². The lowest BCUT2D eigenvalue weighted by Crippen LogP contribution is -2.26. The molecule has 0 amide bonds. The van der Waals surface area contributed by atoms with Crippen molar-refractivity contribution in [1.82, 2.24) is 9.97 Å². The number of nitrogens with zero attached hydrogens (tertiary/aromatic N) is 2. The molecule has 0 radical (unpaired) electrons. The van der Waals surface area contributed by atoms with Crippen LogP contribution in [0.25, 0.3) is 0 Å². The van der Waals surface area contributed by atoms with Crippen molar-refractivity contribution in [2.45, 2.75) is 18.9 Å². The molecule has 0 spiro atoms. The van der Waals surface area contributed by atoms with Gasteiger partial charge in [-0.2, -0.15) is 0 Å². The van der Waals surface area contributed by atoms with Crippen LogP contribution in [0.4, 0.5) is 5.95 Å². The molecule has 5 heteroatoms. The monoisotopic (exact) mass is 213 g/mol. The van der Waals surface area contributed by atoms with Gasteiger partial charge in [0.25, 0.3) is 0 Å².